The number of carboxylic acid groups (broad SMARTS) is 3. The van der Waals surface area contributed by atoms with Crippen molar-refractivity contribution in [1.29, 1.82) is 0 Å². The number of hydrogen-bond donors (Lipinski definition) is 15. The van der Waals surface area contributed by atoms with Gasteiger partial charge in [0.1, 0.15) is 48.0 Å². The Morgan fingerprint density at radius 3 is 1.28 bits per heavy atom. The molecule has 10 atom stereocenters. The Morgan fingerprint density at radius 1 is 0.500 bits per heavy atom. The molecule has 18 N–H and O–H groups in total. The van der Waals surface area contributed by atoms with Crippen LogP contribution in [0, 0.1) is 23.7 Å². The van der Waals surface area contributed by atoms with Crippen LogP contribution in [0.25, 0.3) is 0 Å². The second-order valence-corrected chi connectivity index (χ2v) is 21.6. The van der Waals surface area contributed by atoms with E-state index in [1.165, 1.54) is 31.2 Å². The number of aliphatic imine (C=N–C) groups is 1. The number of hydrogen-bond acceptors (Lipinski definition) is 15. The molecule has 1 aromatic carbocycles. The molecule has 460 valence electrons. The Labute approximate surface area is 477 Å². The molecule has 0 aliphatic carbocycles. The van der Waals surface area contributed by atoms with Crippen LogP contribution < -0.4 is 59.7 Å². The molecule has 0 fully saturated rings. The van der Waals surface area contributed by atoms with Crippen LogP contribution in [0.3, 0.4) is 0 Å². The first kappa shape index (κ1) is 72.1. The number of nitrogens with two attached hydrogens (primary N) is 3. The highest BCUT2D eigenvalue weighted by Gasteiger charge is 2.37. The topological polar surface area (TPSA) is 472 Å². The quantitative estimate of drug-likeness (QED) is 0.0217. The number of benzene rings is 1. The third-order valence-corrected chi connectivity index (χ3v) is 13.0. The summed E-state index contributed by atoms with van der Waals surface area (Å²) in [6.45, 7) is 15.3. The average Bonchev–Trinajstić information content (AvgIpc) is 3.39. The van der Waals surface area contributed by atoms with Gasteiger partial charge in [0.25, 0.3) is 0 Å². The summed E-state index contributed by atoms with van der Waals surface area (Å²) in [5.41, 5.74) is 17.5. The number of aliphatic carboxylic acids is 3. The van der Waals surface area contributed by atoms with Crippen molar-refractivity contribution in [2.75, 3.05) is 6.54 Å². The first-order valence-electron chi connectivity index (χ1n) is 27.4. The molecular weight excluding hydrogens is 1070 g/mol. The van der Waals surface area contributed by atoms with Gasteiger partial charge in [-0.3, -0.25) is 62.5 Å². The van der Waals surface area contributed by atoms with Crippen molar-refractivity contribution in [3.8, 4) is 5.75 Å². The maximum atomic E-state index is 14.3. The maximum absolute atomic E-state index is 14.3. The zero-order chi connectivity index (χ0) is 62.6. The summed E-state index contributed by atoms with van der Waals surface area (Å²) in [4.78, 5) is 164. The van der Waals surface area contributed by atoms with E-state index in [4.69, 9.17) is 17.2 Å². The van der Waals surface area contributed by atoms with E-state index in [1.54, 1.807) is 27.7 Å². The lowest BCUT2D eigenvalue weighted by atomic mass is 9.96. The van der Waals surface area contributed by atoms with Gasteiger partial charge < -0.3 is 80.2 Å². The number of nitrogens with one attached hydrogen (secondary N) is 8. The van der Waals surface area contributed by atoms with Crippen LogP contribution in [0.5, 0.6) is 5.75 Å². The van der Waals surface area contributed by atoms with Gasteiger partial charge in [-0.05, 0) is 93.2 Å². The van der Waals surface area contributed by atoms with Crippen molar-refractivity contribution in [1.82, 2.24) is 42.5 Å². The number of phenolic OH excluding ortho intramolecular Hbond substituents is 1. The van der Waals surface area contributed by atoms with Gasteiger partial charge in [0.15, 0.2) is 11.7 Å². The lowest BCUT2D eigenvalue weighted by Crippen LogP contribution is -2.61. The minimum atomic E-state index is -1.85. The molecule has 0 saturated heterocycles. The largest absolute Gasteiger partial charge is 0.508 e. The molecule has 82 heavy (non-hydrogen) atoms. The number of amides is 8. The molecule has 1 aromatic rings. The molecule has 1 rings (SSSR count). The lowest BCUT2D eigenvalue weighted by Gasteiger charge is -2.30. The summed E-state index contributed by atoms with van der Waals surface area (Å²) < 4.78 is 0. The number of rotatable bonds is 39. The highest BCUT2D eigenvalue weighted by Crippen LogP contribution is 2.16. The molecule has 8 amide bonds. The summed E-state index contributed by atoms with van der Waals surface area (Å²) in [5.74, 6) is -13.8. The number of carboxylic acids is 3. The number of carbonyl (C=O) groups excluding carboxylic acids is 9. The Kier molecular flexibility index (Phi) is 32.0. The number of Topliss-reactive ketones (excluding diaryl/α,β-unsaturated/α-hetero) is 1. The van der Waals surface area contributed by atoms with E-state index in [0.29, 0.717) is 12.0 Å². The van der Waals surface area contributed by atoms with Crippen molar-refractivity contribution in [3.63, 3.8) is 0 Å². The zero-order valence-electron chi connectivity index (χ0n) is 48.4. The molecule has 0 aliphatic rings. The molecule has 0 spiro atoms. The van der Waals surface area contributed by atoms with Gasteiger partial charge in [-0.1, -0.05) is 73.9 Å². The van der Waals surface area contributed by atoms with E-state index in [0.717, 1.165) is 0 Å². The van der Waals surface area contributed by atoms with E-state index < -0.39 is 170 Å². The number of nitrogens with zero attached hydrogens (tertiary/aromatic N) is 1. The minimum absolute atomic E-state index is 0.0179. The fraction of sp³-hybridized carbons (Fsp3) is 0.648. The number of aromatic hydroxyl groups is 1. The standard InChI is InChI=1S/C54H88N12O16/c1-10-30(8)45(53(82)62-35(12-11-23-58-54(56)57)49(78)65-44(29(6)7)52(81)63-39(31(9)67)25-28(4)5)66-50(79)38(19-22-43(73)74)60-47(76)36(17-20-41(69)70)59-48(77)37(18-21-42(71)72)61-51(80)40(26-32-13-15-33(68)16-14-32)64-46(75)34(55)24-27(2)3/h13-16,27-30,34-40,44-45,68H,10-12,17-26,55H2,1-9H3,(H,59,77)(H,60,76)(H,61,80)(H,62,82)(H,63,81)(H,64,75)(H,65,78)(H,66,79)(H,69,70)(H,71,72)(H,73,74)(H4,56,57,58). The Bertz CT molecular complexity index is 2380. The summed E-state index contributed by atoms with van der Waals surface area (Å²) in [5, 5.41) is 58.8. The van der Waals surface area contributed by atoms with E-state index in [9.17, 15) is 78.0 Å². The van der Waals surface area contributed by atoms with Crippen LogP contribution in [-0.2, 0) is 64.0 Å². The normalized spacial score (nSPS) is 14.8. The fourth-order valence-corrected chi connectivity index (χ4v) is 8.24. The monoisotopic (exact) mass is 1160 g/mol. The van der Waals surface area contributed by atoms with Crippen molar-refractivity contribution < 1.29 is 78.0 Å². The van der Waals surface area contributed by atoms with Crippen molar-refractivity contribution in [3.05, 3.63) is 29.8 Å². The second kappa shape index (κ2) is 36.4. The Morgan fingerprint density at radius 2 is 0.878 bits per heavy atom. The van der Waals surface area contributed by atoms with Crippen molar-refractivity contribution in [2.45, 2.75) is 194 Å². The Hall–Kier alpha value is -7.91. The van der Waals surface area contributed by atoms with Gasteiger partial charge in [0.05, 0.1) is 12.1 Å². The van der Waals surface area contributed by atoms with Crippen molar-refractivity contribution in [2.24, 2.45) is 45.9 Å². The third-order valence-electron chi connectivity index (χ3n) is 13.0. The molecule has 0 radical (unpaired) electrons. The molecule has 28 nitrogen and oxygen atoms in total. The van der Waals surface area contributed by atoms with Gasteiger partial charge in [-0.15, -0.1) is 0 Å². The summed E-state index contributed by atoms with van der Waals surface area (Å²) >= 11 is 0. The summed E-state index contributed by atoms with van der Waals surface area (Å²) in [7, 11) is 0. The highest BCUT2D eigenvalue weighted by atomic mass is 16.4. The van der Waals surface area contributed by atoms with E-state index in [2.05, 4.69) is 47.5 Å². The van der Waals surface area contributed by atoms with Crippen molar-refractivity contribution >= 4 is 76.9 Å². The lowest BCUT2D eigenvalue weighted by molar-refractivity contribution is -0.140. The smallest absolute Gasteiger partial charge is 0.303 e. The van der Waals surface area contributed by atoms with Crippen LogP contribution >= 0.6 is 0 Å². The van der Waals surface area contributed by atoms with Crippen LogP contribution in [0.2, 0.25) is 0 Å². The van der Waals surface area contributed by atoms with Crippen LogP contribution in [0.15, 0.2) is 29.3 Å². The molecule has 0 aromatic heterocycles. The van der Waals surface area contributed by atoms with Gasteiger partial charge >= 0.3 is 17.9 Å². The van der Waals surface area contributed by atoms with E-state index >= 15 is 0 Å². The fourth-order valence-electron chi connectivity index (χ4n) is 8.24. The molecule has 28 heteroatoms. The predicted molar refractivity (Wildman–Crippen MR) is 300 cm³/mol. The van der Waals surface area contributed by atoms with Gasteiger partial charge in [-0.25, -0.2) is 0 Å². The van der Waals surface area contributed by atoms with Gasteiger partial charge in [0.2, 0.25) is 47.3 Å². The SMILES string of the molecule is CCC(C)C(NC(=O)C(CCC(=O)O)NC(=O)C(CCC(=O)O)NC(=O)C(CCC(=O)O)NC(=O)C(Cc1ccc(O)cc1)NC(=O)C(N)CC(C)C)C(=O)NC(CCCN=C(N)N)C(=O)NC(C(=O)NC(CC(C)C)C(C)=O)C(C)C. The molecule has 10 unspecified atom stereocenters. The third kappa shape index (κ3) is 28.0. The first-order valence-corrected chi connectivity index (χ1v) is 27.4. The molecule has 0 heterocycles. The zero-order valence-corrected chi connectivity index (χ0v) is 48.4. The maximum Gasteiger partial charge on any atom is 0.303 e. The predicted octanol–water partition coefficient (Wildman–Crippen LogP) is -0.828. The number of carbonyl (C=O) groups is 12. The van der Waals surface area contributed by atoms with Gasteiger partial charge in [-0.2, -0.15) is 0 Å². The van der Waals surface area contributed by atoms with E-state index in [-0.39, 0.29) is 68.0 Å². The highest BCUT2D eigenvalue weighted by molar-refractivity contribution is 5.98. The van der Waals surface area contributed by atoms with Crippen LogP contribution in [-0.4, -0.2) is 158 Å². The average molecular weight is 1160 g/mol. The summed E-state index contributed by atoms with van der Waals surface area (Å²) in [6.07, 6.45) is -3.51. The molecule has 0 saturated carbocycles. The van der Waals surface area contributed by atoms with E-state index in [1.807, 2.05) is 27.7 Å². The number of phenols is 1. The molecule has 0 aliphatic heterocycles. The number of guanidine groups is 1. The number of ketones is 1. The van der Waals surface area contributed by atoms with Gasteiger partial charge in [0, 0.05) is 32.2 Å². The molecule has 0 bridgehead atoms. The molecular formula is C54H88N12O16. The second-order valence-electron chi connectivity index (χ2n) is 21.6. The minimum Gasteiger partial charge on any atom is -0.508 e. The first-order chi connectivity index (χ1) is 38.3. The van der Waals surface area contributed by atoms with Crippen LogP contribution in [0.1, 0.15) is 139 Å². The summed E-state index contributed by atoms with van der Waals surface area (Å²) in [6, 6.07) is -7.21. The van der Waals surface area contributed by atoms with Crippen LogP contribution in [0.4, 0.5) is 0 Å². The Balaban J connectivity index is 3.68.